The Balaban J connectivity index is 0.000000224. The van der Waals surface area contributed by atoms with Gasteiger partial charge in [-0.25, -0.2) is 0 Å². The van der Waals surface area contributed by atoms with Crippen molar-refractivity contribution in [2.24, 2.45) is 0 Å². The first-order chi connectivity index (χ1) is 10.4. The number of aliphatic hydroxyl groups is 1. The van der Waals surface area contributed by atoms with Gasteiger partial charge in [-0.05, 0) is 29.8 Å². The minimum absolute atomic E-state index is 0.0511. The second-order valence-corrected chi connectivity index (χ2v) is 4.17. The van der Waals surface area contributed by atoms with E-state index >= 15 is 0 Å². The molecule has 5 N–H and O–H groups in total. The largest absolute Gasteiger partial charge is 0.506 e. The summed E-state index contributed by atoms with van der Waals surface area (Å²) in [4.78, 5) is 19.7. The molecule has 0 unspecified atom stereocenters. The molecule has 8 nitrogen and oxygen atoms in total. The summed E-state index contributed by atoms with van der Waals surface area (Å²) in [7, 11) is 0. The zero-order valence-corrected chi connectivity index (χ0v) is 11.3. The zero-order chi connectivity index (χ0) is 16.7. The average Bonchev–Trinajstić information content (AvgIpc) is 2.51. The van der Waals surface area contributed by atoms with Gasteiger partial charge >= 0.3 is 5.69 Å². The van der Waals surface area contributed by atoms with Gasteiger partial charge in [-0.2, -0.15) is 0 Å². The first-order valence-electron chi connectivity index (χ1n) is 5.99. The Morgan fingerprint density at radius 3 is 2.27 bits per heavy atom. The highest BCUT2D eigenvalue weighted by Crippen LogP contribution is 2.25. The molecule has 0 atom stereocenters. The lowest BCUT2D eigenvalue weighted by Gasteiger charge is -1.99. The van der Waals surface area contributed by atoms with Crippen LogP contribution < -0.4 is 5.73 Å². The minimum Gasteiger partial charge on any atom is -0.506 e. The van der Waals surface area contributed by atoms with Crippen LogP contribution >= 0.6 is 0 Å². The molecule has 2 aromatic carbocycles. The summed E-state index contributed by atoms with van der Waals surface area (Å²) in [6.45, 7) is -0.0511. The van der Waals surface area contributed by atoms with Crippen LogP contribution in [0.3, 0.4) is 0 Å². The summed E-state index contributed by atoms with van der Waals surface area (Å²) in [6.07, 6.45) is 0.479. The molecule has 0 amide bonds. The van der Waals surface area contributed by atoms with Crippen LogP contribution in [0.1, 0.15) is 15.9 Å². The lowest BCUT2D eigenvalue weighted by molar-refractivity contribution is -0.385. The van der Waals surface area contributed by atoms with Gasteiger partial charge in [0.25, 0.3) is 0 Å². The van der Waals surface area contributed by atoms with E-state index in [1.54, 1.807) is 6.07 Å². The third kappa shape index (κ3) is 4.46. The van der Waals surface area contributed by atoms with E-state index in [9.17, 15) is 14.9 Å². The average molecular weight is 306 g/mol. The Labute approximate surface area is 125 Å². The summed E-state index contributed by atoms with van der Waals surface area (Å²) in [5, 5.41) is 36.7. The number of hydrogen-bond donors (Lipinski definition) is 4. The molecule has 0 aromatic heterocycles. The number of hydrogen-bond acceptors (Lipinski definition) is 7. The van der Waals surface area contributed by atoms with Crippen molar-refractivity contribution in [3.8, 4) is 11.5 Å². The number of anilines is 1. The van der Waals surface area contributed by atoms with Gasteiger partial charge in [-0.15, -0.1) is 0 Å². The Bertz CT molecular complexity index is 687. The van der Waals surface area contributed by atoms with Gasteiger partial charge in [0.2, 0.25) is 0 Å². The van der Waals surface area contributed by atoms with E-state index in [-0.39, 0.29) is 17.9 Å². The maximum atomic E-state index is 10.2. The van der Waals surface area contributed by atoms with E-state index in [0.717, 1.165) is 12.1 Å². The molecule has 116 valence electrons. The number of carbonyl (C=O) groups is 1. The fourth-order valence-electron chi connectivity index (χ4n) is 1.46. The molecule has 0 saturated heterocycles. The zero-order valence-electron chi connectivity index (χ0n) is 11.3. The van der Waals surface area contributed by atoms with Crippen molar-refractivity contribution in [1.29, 1.82) is 0 Å². The van der Waals surface area contributed by atoms with Crippen molar-refractivity contribution < 1.29 is 25.0 Å². The Morgan fingerprint density at radius 2 is 1.77 bits per heavy atom. The van der Waals surface area contributed by atoms with Crippen LogP contribution in [0.15, 0.2) is 36.4 Å². The van der Waals surface area contributed by atoms with Crippen molar-refractivity contribution in [2.45, 2.75) is 6.61 Å². The van der Waals surface area contributed by atoms with Gasteiger partial charge in [0, 0.05) is 11.6 Å². The lowest BCUT2D eigenvalue weighted by Crippen LogP contribution is -1.90. The third-order valence-corrected chi connectivity index (χ3v) is 2.61. The van der Waals surface area contributed by atoms with Crippen molar-refractivity contribution >= 4 is 17.7 Å². The molecule has 0 aliphatic heterocycles. The predicted molar refractivity (Wildman–Crippen MR) is 78.6 cm³/mol. The van der Waals surface area contributed by atoms with E-state index in [1.165, 1.54) is 18.2 Å². The van der Waals surface area contributed by atoms with Gasteiger partial charge in [0.1, 0.15) is 12.0 Å². The van der Waals surface area contributed by atoms with E-state index in [4.69, 9.17) is 21.1 Å². The maximum Gasteiger partial charge on any atom is 0.311 e. The molecule has 0 aliphatic carbocycles. The van der Waals surface area contributed by atoms with Crippen LogP contribution in [0, 0.1) is 10.1 Å². The second-order valence-electron chi connectivity index (χ2n) is 4.17. The Morgan fingerprint density at radius 1 is 1.14 bits per heavy atom. The monoisotopic (exact) mass is 306 g/mol. The third-order valence-electron chi connectivity index (χ3n) is 2.61. The maximum absolute atomic E-state index is 10.2. The number of nitrogen functional groups attached to an aromatic ring is 1. The molecule has 2 aromatic rings. The highest BCUT2D eigenvalue weighted by atomic mass is 16.6. The number of nitrogens with two attached hydrogens (primary N) is 1. The normalized spacial score (nSPS) is 9.50. The summed E-state index contributed by atoms with van der Waals surface area (Å²) in [6, 6.07) is 8.04. The van der Waals surface area contributed by atoms with Gasteiger partial charge in [-0.1, -0.05) is 6.07 Å². The number of nitro groups is 1. The fourth-order valence-corrected chi connectivity index (χ4v) is 1.46. The summed E-state index contributed by atoms with van der Waals surface area (Å²) in [5.74, 6) is -0.386. The Hall–Kier alpha value is -3.13. The summed E-state index contributed by atoms with van der Waals surface area (Å²) >= 11 is 0. The number of carbonyl (C=O) groups excluding carboxylic acids is 1. The topological polar surface area (TPSA) is 147 Å². The molecule has 0 saturated carbocycles. The molecule has 0 bridgehead atoms. The standard InChI is InChI=1S/C7H5NO4.C7H9NO2/c9-4-5-1-2-7(10)6(3-5)8(11)12;8-6-3-5(4-9)1-2-7(6)10/h1-4,10H;1-3,9-10H,4,8H2. The van der Waals surface area contributed by atoms with E-state index in [1.807, 2.05) is 0 Å². The number of nitro benzene ring substituents is 1. The number of nitrogens with zero attached hydrogens (tertiary/aromatic N) is 1. The van der Waals surface area contributed by atoms with Gasteiger partial charge in [0.05, 0.1) is 17.2 Å². The van der Waals surface area contributed by atoms with Crippen molar-refractivity contribution in [2.75, 3.05) is 5.73 Å². The second kappa shape index (κ2) is 7.60. The predicted octanol–water partition coefficient (Wildman–Crippen LogP) is 1.58. The van der Waals surface area contributed by atoms with Crippen molar-refractivity contribution in [1.82, 2.24) is 0 Å². The first kappa shape index (κ1) is 16.9. The molecule has 0 spiro atoms. The van der Waals surface area contributed by atoms with E-state index in [0.29, 0.717) is 17.5 Å². The number of aromatic hydroxyl groups is 2. The van der Waals surface area contributed by atoms with Crippen LogP contribution in [-0.2, 0) is 6.61 Å². The Kier molecular flexibility index (Phi) is 5.85. The van der Waals surface area contributed by atoms with Crippen molar-refractivity contribution in [3.05, 3.63) is 57.6 Å². The summed E-state index contributed by atoms with van der Waals surface area (Å²) in [5.41, 5.74) is 6.04. The molecule has 22 heavy (non-hydrogen) atoms. The van der Waals surface area contributed by atoms with E-state index < -0.39 is 16.4 Å². The SMILES string of the molecule is Nc1cc(CO)ccc1O.O=Cc1ccc(O)c([N+](=O)[O-])c1. The minimum atomic E-state index is -0.748. The van der Waals surface area contributed by atoms with Crippen LogP contribution in [0.5, 0.6) is 11.5 Å². The molecular weight excluding hydrogens is 292 g/mol. The van der Waals surface area contributed by atoms with E-state index in [2.05, 4.69) is 0 Å². The first-order valence-corrected chi connectivity index (χ1v) is 5.99. The van der Waals surface area contributed by atoms with Crippen LogP contribution in [0.2, 0.25) is 0 Å². The number of rotatable bonds is 3. The summed E-state index contributed by atoms with van der Waals surface area (Å²) < 4.78 is 0. The van der Waals surface area contributed by atoms with Crippen LogP contribution in [0.25, 0.3) is 0 Å². The fraction of sp³-hybridized carbons (Fsp3) is 0.0714. The number of aliphatic hydroxyl groups excluding tert-OH is 1. The molecule has 0 fully saturated rings. The lowest BCUT2D eigenvalue weighted by atomic mass is 10.2. The molecule has 0 heterocycles. The number of benzene rings is 2. The molecule has 0 radical (unpaired) electrons. The number of aldehydes is 1. The van der Waals surface area contributed by atoms with Crippen LogP contribution in [-0.4, -0.2) is 26.5 Å². The highest BCUT2D eigenvalue weighted by Gasteiger charge is 2.12. The van der Waals surface area contributed by atoms with Gasteiger partial charge in [-0.3, -0.25) is 14.9 Å². The van der Waals surface area contributed by atoms with Crippen molar-refractivity contribution in [3.63, 3.8) is 0 Å². The van der Waals surface area contributed by atoms with Gasteiger partial charge in [0.15, 0.2) is 5.75 Å². The number of phenolic OH excluding ortho intramolecular Hbond substituents is 2. The molecular formula is C14H14N2O6. The quantitative estimate of drug-likeness (QED) is 0.221. The molecule has 2 rings (SSSR count). The highest BCUT2D eigenvalue weighted by molar-refractivity contribution is 5.77. The van der Waals surface area contributed by atoms with Gasteiger partial charge < -0.3 is 21.1 Å². The number of phenols is 2. The molecule has 0 aliphatic rings. The molecule has 8 heteroatoms. The smallest absolute Gasteiger partial charge is 0.311 e. The van der Waals surface area contributed by atoms with Crippen LogP contribution in [0.4, 0.5) is 11.4 Å².